The second kappa shape index (κ2) is 4.11. The normalized spacial score (nSPS) is 15.7. The lowest BCUT2D eigenvalue weighted by molar-refractivity contribution is 0.949. The van der Waals surface area contributed by atoms with E-state index < -0.39 is 0 Å². The van der Waals surface area contributed by atoms with Crippen molar-refractivity contribution in [1.29, 1.82) is 5.41 Å². The molecule has 2 rings (SSSR count). The van der Waals surface area contributed by atoms with Gasteiger partial charge in [-0.2, -0.15) is 0 Å². The molecule has 80 valence electrons. The average Bonchev–Trinajstić information content (AvgIpc) is 2.69. The van der Waals surface area contributed by atoms with Crippen LogP contribution in [0, 0.1) is 5.41 Å². The van der Waals surface area contributed by atoms with Crippen molar-refractivity contribution < 1.29 is 0 Å². The van der Waals surface area contributed by atoms with Gasteiger partial charge in [0.2, 0.25) is 0 Å². The summed E-state index contributed by atoms with van der Waals surface area (Å²) in [5.74, 6) is 0.0213. The Morgan fingerprint density at radius 1 is 1.33 bits per heavy atom. The minimum atomic E-state index is 0.0213. The zero-order valence-electron chi connectivity index (χ0n) is 8.46. The lowest BCUT2D eigenvalue weighted by atomic mass is 10.2. The molecular weight excluding hydrogens is 210 g/mol. The first-order valence-electron chi connectivity index (χ1n) is 5.07. The second-order valence-corrected chi connectivity index (χ2v) is 4.18. The highest BCUT2D eigenvalue weighted by atomic mass is 35.5. The quantitative estimate of drug-likeness (QED) is 0.597. The summed E-state index contributed by atoms with van der Waals surface area (Å²) in [7, 11) is 0. The molecule has 0 spiro atoms. The number of anilines is 1. The van der Waals surface area contributed by atoms with Gasteiger partial charge in [0, 0.05) is 24.3 Å². The van der Waals surface area contributed by atoms with Crippen LogP contribution in [0.15, 0.2) is 18.2 Å². The second-order valence-electron chi connectivity index (χ2n) is 3.77. The Balaban J connectivity index is 2.28. The van der Waals surface area contributed by atoms with Gasteiger partial charge in [0.25, 0.3) is 0 Å². The Morgan fingerprint density at radius 2 is 2.00 bits per heavy atom. The summed E-state index contributed by atoms with van der Waals surface area (Å²) in [6, 6.07) is 5.69. The molecule has 1 aliphatic heterocycles. The van der Waals surface area contributed by atoms with E-state index in [1.165, 1.54) is 12.8 Å². The molecule has 3 N–H and O–H groups in total. The molecule has 0 radical (unpaired) electrons. The van der Waals surface area contributed by atoms with Crippen molar-refractivity contribution in [3.8, 4) is 0 Å². The van der Waals surface area contributed by atoms with E-state index in [0.29, 0.717) is 10.6 Å². The summed E-state index contributed by atoms with van der Waals surface area (Å²) in [6.45, 7) is 2.19. The summed E-state index contributed by atoms with van der Waals surface area (Å²) in [5, 5.41) is 7.90. The molecule has 4 heteroatoms. The summed E-state index contributed by atoms with van der Waals surface area (Å²) >= 11 is 6.06. The van der Waals surface area contributed by atoms with Gasteiger partial charge in [0.05, 0.1) is 5.02 Å². The first kappa shape index (κ1) is 10.3. The van der Waals surface area contributed by atoms with Gasteiger partial charge >= 0.3 is 0 Å². The molecule has 15 heavy (non-hydrogen) atoms. The molecule has 1 fully saturated rings. The molecule has 1 aromatic carbocycles. The van der Waals surface area contributed by atoms with Crippen LogP contribution in [0.1, 0.15) is 18.4 Å². The van der Waals surface area contributed by atoms with E-state index in [-0.39, 0.29) is 5.84 Å². The lowest BCUT2D eigenvalue weighted by Gasteiger charge is -2.18. The zero-order chi connectivity index (χ0) is 10.8. The Bertz CT molecular complexity index is 383. The van der Waals surface area contributed by atoms with E-state index in [1.807, 2.05) is 18.2 Å². The van der Waals surface area contributed by atoms with E-state index in [2.05, 4.69) is 4.90 Å². The molecule has 0 atom stereocenters. The highest BCUT2D eigenvalue weighted by molar-refractivity contribution is 6.34. The molecule has 0 saturated carbocycles. The first-order chi connectivity index (χ1) is 7.18. The van der Waals surface area contributed by atoms with Crippen molar-refractivity contribution in [2.75, 3.05) is 18.0 Å². The summed E-state index contributed by atoms with van der Waals surface area (Å²) < 4.78 is 0. The number of benzene rings is 1. The Morgan fingerprint density at radius 3 is 2.53 bits per heavy atom. The Hall–Kier alpha value is -1.22. The molecule has 0 bridgehead atoms. The maximum atomic E-state index is 7.34. The number of nitrogen functional groups attached to an aromatic ring is 1. The third-order valence-corrected chi connectivity index (χ3v) is 3.03. The molecule has 1 heterocycles. The Kier molecular flexibility index (Phi) is 2.82. The number of nitrogens with two attached hydrogens (primary N) is 1. The lowest BCUT2D eigenvalue weighted by Crippen LogP contribution is -2.18. The maximum Gasteiger partial charge on any atom is 0.124 e. The fourth-order valence-corrected chi connectivity index (χ4v) is 2.17. The van der Waals surface area contributed by atoms with E-state index in [1.54, 1.807) is 0 Å². The van der Waals surface area contributed by atoms with Crippen LogP contribution in [0.25, 0.3) is 0 Å². The monoisotopic (exact) mass is 223 g/mol. The van der Waals surface area contributed by atoms with Gasteiger partial charge < -0.3 is 10.6 Å². The minimum absolute atomic E-state index is 0.0213. The van der Waals surface area contributed by atoms with Crippen molar-refractivity contribution >= 4 is 23.1 Å². The van der Waals surface area contributed by atoms with E-state index in [9.17, 15) is 0 Å². The van der Waals surface area contributed by atoms with Gasteiger partial charge in [-0.15, -0.1) is 0 Å². The van der Waals surface area contributed by atoms with Gasteiger partial charge in [0.1, 0.15) is 5.84 Å². The highest BCUT2D eigenvalue weighted by Crippen LogP contribution is 2.25. The van der Waals surface area contributed by atoms with Crippen molar-refractivity contribution in [3.63, 3.8) is 0 Å². The van der Waals surface area contributed by atoms with Crippen LogP contribution < -0.4 is 10.6 Å². The number of nitrogens with one attached hydrogen (secondary N) is 1. The van der Waals surface area contributed by atoms with Crippen molar-refractivity contribution in [2.45, 2.75) is 12.8 Å². The molecule has 0 aliphatic carbocycles. The van der Waals surface area contributed by atoms with Crippen LogP contribution in [-0.4, -0.2) is 18.9 Å². The van der Waals surface area contributed by atoms with Crippen LogP contribution in [0.4, 0.5) is 5.69 Å². The average molecular weight is 224 g/mol. The molecule has 1 saturated heterocycles. The number of rotatable bonds is 2. The minimum Gasteiger partial charge on any atom is -0.384 e. The van der Waals surface area contributed by atoms with E-state index in [4.69, 9.17) is 22.7 Å². The van der Waals surface area contributed by atoms with Crippen LogP contribution in [0.5, 0.6) is 0 Å². The summed E-state index contributed by atoms with van der Waals surface area (Å²) in [6.07, 6.45) is 2.48. The maximum absolute atomic E-state index is 7.34. The molecule has 1 aromatic rings. The first-order valence-corrected chi connectivity index (χ1v) is 5.45. The molecule has 0 aromatic heterocycles. The fourth-order valence-electron chi connectivity index (χ4n) is 1.89. The molecule has 1 aliphatic rings. The van der Waals surface area contributed by atoms with Crippen LogP contribution in [-0.2, 0) is 0 Å². The third kappa shape index (κ3) is 2.07. The number of halogens is 1. The summed E-state index contributed by atoms with van der Waals surface area (Å²) in [5.41, 5.74) is 7.14. The predicted octanol–water partition coefficient (Wildman–Crippen LogP) is 2.22. The summed E-state index contributed by atoms with van der Waals surface area (Å²) in [4.78, 5) is 2.30. The largest absolute Gasteiger partial charge is 0.384 e. The van der Waals surface area contributed by atoms with E-state index >= 15 is 0 Å². The van der Waals surface area contributed by atoms with Crippen molar-refractivity contribution in [2.24, 2.45) is 5.73 Å². The zero-order valence-corrected chi connectivity index (χ0v) is 9.22. The Labute approximate surface area is 94.3 Å². The molecular formula is C11H14ClN3. The highest BCUT2D eigenvalue weighted by Gasteiger charge is 2.13. The van der Waals surface area contributed by atoms with Gasteiger partial charge in [-0.05, 0) is 31.0 Å². The van der Waals surface area contributed by atoms with Crippen LogP contribution >= 0.6 is 11.6 Å². The number of nitrogens with zero attached hydrogens (tertiary/aromatic N) is 1. The van der Waals surface area contributed by atoms with Crippen LogP contribution in [0.3, 0.4) is 0 Å². The standard InChI is InChI=1S/C11H14ClN3/c12-10-7-8(15-5-1-2-6-15)3-4-9(10)11(13)14/h3-4,7H,1-2,5-6H2,(H3,13,14). The molecule has 0 unspecified atom stereocenters. The predicted molar refractivity (Wildman–Crippen MR) is 63.9 cm³/mol. The van der Waals surface area contributed by atoms with Gasteiger partial charge in [-0.1, -0.05) is 11.6 Å². The SMILES string of the molecule is N=C(N)c1ccc(N2CCCC2)cc1Cl. The van der Waals surface area contributed by atoms with Crippen molar-refractivity contribution in [3.05, 3.63) is 28.8 Å². The fraction of sp³-hybridized carbons (Fsp3) is 0.364. The van der Waals surface area contributed by atoms with Gasteiger partial charge in [-0.25, -0.2) is 0 Å². The molecule has 0 amide bonds. The van der Waals surface area contributed by atoms with Crippen LogP contribution in [0.2, 0.25) is 5.02 Å². The smallest absolute Gasteiger partial charge is 0.124 e. The number of hydrogen-bond acceptors (Lipinski definition) is 2. The topological polar surface area (TPSA) is 53.1 Å². The number of hydrogen-bond donors (Lipinski definition) is 2. The van der Waals surface area contributed by atoms with Gasteiger partial charge in [-0.3, -0.25) is 5.41 Å². The number of amidine groups is 1. The van der Waals surface area contributed by atoms with Crippen molar-refractivity contribution in [1.82, 2.24) is 0 Å². The third-order valence-electron chi connectivity index (χ3n) is 2.71. The molecule has 3 nitrogen and oxygen atoms in total. The van der Waals surface area contributed by atoms with Gasteiger partial charge in [0.15, 0.2) is 0 Å². The van der Waals surface area contributed by atoms with E-state index in [0.717, 1.165) is 18.8 Å².